The zero-order valence-electron chi connectivity index (χ0n) is 15.1. The van der Waals surface area contributed by atoms with Crippen LogP contribution in [-0.2, 0) is 14.3 Å². The van der Waals surface area contributed by atoms with Gasteiger partial charge in [0.15, 0.2) is 5.69 Å². The van der Waals surface area contributed by atoms with Crippen LogP contribution in [0.15, 0.2) is 23.3 Å². The molecule has 1 aromatic heterocycles. The highest BCUT2D eigenvalue weighted by molar-refractivity contribution is 5.95. The summed E-state index contributed by atoms with van der Waals surface area (Å²) < 4.78 is 11.2. The van der Waals surface area contributed by atoms with Gasteiger partial charge >= 0.3 is 5.97 Å². The molecule has 7 nitrogen and oxygen atoms in total. The highest BCUT2D eigenvalue weighted by Gasteiger charge is 2.43. The molecule has 0 aromatic carbocycles. The molecule has 3 atom stereocenters. The van der Waals surface area contributed by atoms with Crippen LogP contribution >= 0.6 is 0 Å². The summed E-state index contributed by atoms with van der Waals surface area (Å²) in [5.41, 5.74) is -0.136. The minimum Gasteiger partial charge on any atom is -0.505 e. The molecule has 3 heterocycles. The largest absolute Gasteiger partial charge is 0.505 e. The molecule has 136 valence electrons. The second kappa shape index (κ2) is 6.63. The third-order valence-corrected chi connectivity index (χ3v) is 4.54. The monoisotopic (exact) mass is 347 g/mol. The Morgan fingerprint density at radius 3 is 2.84 bits per heavy atom. The maximum atomic E-state index is 12.4. The van der Waals surface area contributed by atoms with Crippen LogP contribution in [-0.4, -0.2) is 64.2 Å². The van der Waals surface area contributed by atoms with Crippen molar-refractivity contribution < 1.29 is 19.4 Å². The van der Waals surface area contributed by atoms with Crippen LogP contribution in [0.25, 0.3) is 0 Å². The molecule has 0 amide bonds. The molecular formula is C18H25N3O4. The zero-order valence-corrected chi connectivity index (χ0v) is 15.1. The zero-order chi connectivity index (χ0) is 18.2. The Labute approximate surface area is 147 Å². The van der Waals surface area contributed by atoms with E-state index in [9.17, 15) is 9.90 Å². The third-order valence-electron chi connectivity index (χ3n) is 4.54. The third kappa shape index (κ3) is 3.76. The summed E-state index contributed by atoms with van der Waals surface area (Å²) in [5.74, 6) is 0.216. The molecule has 0 saturated carbocycles. The molecule has 0 aliphatic carbocycles. The van der Waals surface area contributed by atoms with Crippen molar-refractivity contribution in [2.75, 3.05) is 13.7 Å². The first-order chi connectivity index (χ1) is 11.8. The van der Waals surface area contributed by atoms with E-state index in [1.165, 1.54) is 0 Å². The number of carbonyl (C=O) groups excluding carboxylic acids is 1. The van der Waals surface area contributed by atoms with Crippen molar-refractivity contribution in [2.24, 2.45) is 4.99 Å². The second-order valence-electron chi connectivity index (χ2n) is 7.54. The summed E-state index contributed by atoms with van der Waals surface area (Å²) in [4.78, 5) is 23.2. The number of hydrogen-bond acceptors (Lipinski definition) is 7. The first-order valence-electron chi connectivity index (χ1n) is 8.56. The van der Waals surface area contributed by atoms with Crippen LogP contribution in [0.4, 0.5) is 0 Å². The van der Waals surface area contributed by atoms with Crippen molar-refractivity contribution in [1.29, 1.82) is 0 Å². The van der Waals surface area contributed by atoms with Crippen LogP contribution in [0.2, 0.25) is 0 Å². The predicted octanol–water partition coefficient (Wildman–Crippen LogP) is 1.74. The Kier molecular flexibility index (Phi) is 4.69. The quantitative estimate of drug-likeness (QED) is 0.839. The topological polar surface area (TPSA) is 84.2 Å². The highest BCUT2D eigenvalue weighted by atomic mass is 16.6. The van der Waals surface area contributed by atoms with E-state index >= 15 is 0 Å². The molecule has 1 N–H and O–H groups in total. The molecule has 0 spiro atoms. The normalized spacial score (nSPS) is 27.0. The van der Waals surface area contributed by atoms with Crippen molar-refractivity contribution in [2.45, 2.75) is 57.3 Å². The Balaban J connectivity index is 1.70. The van der Waals surface area contributed by atoms with Crippen molar-refractivity contribution in [3.63, 3.8) is 0 Å². The van der Waals surface area contributed by atoms with Gasteiger partial charge in [0.25, 0.3) is 0 Å². The van der Waals surface area contributed by atoms with E-state index in [0.29, 0.717) is 18.2 Å². The van der Waals surface area contributed by atoms with Gasteiger partial charge in [-0.3, -0.25) is 9.69 Å². The number of ether oxygens (including phenoxy) is 2. The summed E-state index contributed by atoms with van der Waals surface area (Å²) in [6.45, 7) is 6.04. The lowest BCUT2D eigenvalue weighted by atomic mass is 10.1. The smallest absolute Gasteiger partial charge is 0.323 e. The van der Waals surface area contributed by atoms with Gasteiger partial charge < -0.3 is 14.6 Å². The number of hydrogen-bond donors (Lipinski definition) is 1. The van der Waals surface area contributed by atoms with Gasteiger partial charge in [0.2, 0.25) is 5.90 Å². The Morgan fingerprint density at radius 1 is 1.40 bits per heavy atom. The number of esters is 1. The molecule has 1 aromatic rings. The number of pyridine rings is 1. The number of nitrogens with zero attached hydrogens (tertiary/aromatic N) is 3. The van der Waals surface area contributed by atoms with Gasteiger partial charge in [0, 0.05) is 12.2 Å². The molecule has 7 heteroatoms. The first-order valence-corrected chi connectivity index (χ1v) is 8.56. The van der Waals surface area contributed by atoms with Gasteiger partial charge in [-0.2, -0.15) is 0 Å². The van der Waals surface area contributed by atoms with E-state index in [1.54, 1.807) is 18.3 Å². The van der Waals surface area contributed by atoms with Crippen molar-refractivity contribution in [1.82, 2.24) is 9.88 Å². The summed E-state index contributed by atoms with van der Waals surface area (Å²) in [6.07, 6.45) is 3.18. The van der Waals surface area contributed by atoms with E-state index in [-0.39, 0.29) is 29.8 Å². The fourth-order valence-corrected chi connectivity index (χ4v) is 3.36. The molecule has 1 fully saturated rings. The molecule has 0 unspecified atom stereocenters. The van der Waals surface area contributed by atoms with E-state index < -0.39 is 5.60 Å². The first kappa shape index (κ1) is 17.7. The summed E-state index contributed by atoms with van der Waals surface area (Å²) in [7, 11) is 1.93. The number of rotatable bonds is 3. The van der Waals surface area contributed by atoms with Crippen LogP contribution in [0, 0.1) is 0 Å². The fraction of sp³-hybridized carbons (Fsp3) is 0.611. The summed E-state index contributed by atoms with van der Waals surface area (Å²) >= 11 is 0. The highest BCUT2D eigenvalue weighted by Crippen LogP contribution is 2.30. The molecular weight excluding hydrogens is 322 g/mol. The number of aromatic nitrogens is 1. The Bertz CT molecular complexity index is 683. The SMILES string of the molecule is CN1[C@@H](C(=O)OC(C)(C)C)CC[C@@H]1[C@@H]1COC(c2ncccc2O)=N1. The van der Waals surface area contributed by atoms with Gasteiger partial charge in [-0.1, -0.05) is 0 Å². The van der Waals surface area contributed by atoms with E-state index in [4.69, 9.17) is 9.47 Å². The average molecular weight is 347 g/mol. The number of aliphatic imine (C=N–C) groups is 1. The minimum absolute atomic E-state index is 0.0494. The minimum atomic E-state index is -0.492. The molecule has 2 aliphatic rings. The molecule has 25 heavy (non-hydrogen) atoms. The number of carbonyl (C=O) groups is 1. The van der Waals surface area contributed by atoms with E-state index in [2.05, 4.69) is 9.98 Å². The van der Waals surface area contributed by atoms with Gasteiger partial charge in [0.05, 0.1) is 0 Å². The molecule has 2 aliphatic heterocycles. The van der Waals surface area contributed by atoms with Gasteiger partial charge in [0.1, 0.15) is 30.0 Å². The molecule has 3 rings (SSSR count). The molecule has 1 saturated heterocycles. The maximum Gasteiger partial charge on any atom is 0.323 e. The molecule has 0 bridgehead atoms. The van der Waals surface area contributed by atoms with E-state index in [1.807, 2.05) is 32.7 Å². The van der Waals surface area contributed by atoms with Crippen LogP contribution in [0.3, 0.4) is 0 Å². The van der Waals surface area contributed by atoms with Gasteiger partial charge in [-0.25, -0.2) is 9.98 Å². The van der Waals surface area contributed by atoms with Crippen molar-refractivity contribution in [3.8, 4) is 5.75 Å². The second-order valence-corrected chi connectivity index (χ2v) is 7.54. The Hall–Kier alpha value is -2.15. The lowest BCUT2D eigenvalue weighted by Gasteiger charge is -2.29. The number of likely N-dealkylation sites (N-methyl/N-ethyl adjacent to an activating group) is 1. The van der Waals surface area contributed by atoms with Gasteiger partial charge in [-0.15, -0.1) is 0 Å². The van der Waals surface area contributed by atoms with Crippen LogP contribution in [0.5, 0.6) is 5.75 Å². The van der Waals surface area contributed by atoms with Crippen LogP contribution < -0.4 is 0 Å². The number of likely N-dealkylation sites (tertiary alicyclic amines) is 1. The summed E-state index contributed by atoms with van der Waals surface area (Å²) in [5, 5.41) is 9.90. The van der Waals surface area contributed by atoms with E-state index in [0.717, 1.165) is 12.8 Å². The molecule has 0 radical (unpaired) electrons. The average Bonchev–Trinajstić information content (AvgIpc) is 3.12. The fourth-order valence-electron chi connectivity index (χ4n) is 3.36. The lowest BCUT2D eigenvalue weighted by molar-refractivity contribution is -0.160. The van der Waals surface area contributed by atoms with Crippen molar-refractivity contribution in [3.05, 3.63) is 24.0 Å². The number of aromatic hydroxyl groups is 1. The van der Waals surface area contributed by atoms with Crippen LogP contribution in [0.1, 0.15) is 39.3 Å². The Morgan fingerprint density at radius 2 is 2.16 bits per heavy atom. The lowest BCUT2D eigenvalue weighted by Crippen LogP contribution is -2.45. The van der Waals surface area contributed by atoms with Gasteiger partial charge in [-0.05, 0) is 52.8 Å². The standard InChI is InChI=1S/C18H25N3O4/c1-18(2,3)25-17(23)13-8-7-12(21(13)4)11-10-24-16(20-11)15-14(22)6-5-9-19-15/h5-6,9,11-13,22H,7-8,10H2,1-4H3/t11-,12+,13+/m0/s1. The predicted molar refractivity (Wildman–Crippen MR) is 92.6 cm³/mol. The maximum absolute atomic E-state index is 12.4. The van der Waals surface area contributed by atoms with Crippen molar-refractivity contribution >= 4 is 11.9 Å². The summed E-state index contributed by atoms with van der Waals surface area (Å²) in [6, 6.07) is 2.96.